The van der Waals surface area contributed by atoms with Crippen molar-refractivity contribution in [2.45, 2.75) is 25.9 Å². The molecule has 0 spiro atoms. The number of nitrogens with zero attached hydrogens (tertiary/aromatic N) is 5. The first-order chi connectivity index (χ1) is 7.59. The van der Waals surface area contributed by atoms with Gasteiger partial charge in [-0.2, -0.15) is 0 Å². The fraction of sp³-hybridized carbons (Fsp3) is 0.778. The number of rotatable bonds is 2. The Morgan fingerprint density at radius 2 is 2.38 bits per heavy atom. The van der Waals surface area contributed by atoms with E-state index in [2.05, 4.69) is 34.7 Å². The summed E-state index contributed by atoms with van der Waals surface area (Å²) in [5.74, 6) is 0.0544. The van der Waals surface area contributed by atoms with Gasteiger partial charge in [-0.3, -0.25) is 4.79 Å². The van der Waals surface area contributed by atoms with Gasteiger partial charge in [0, 0.05) is 25.2 Å². The molecule has 0 atom stereocenters. The first-order valence-corrected chi connectivity index (χ1v) is 5.31. The molecule has 1 fully saturated rings. The summed E-state index contributed by atoms with van der Waals surface area (Å²) in [7, 11) is 0. The molecule has 1 amide bonds. The minimum absolute atomic E-state index is 0.0544. The van der Waals surface area contributed by atoms with Gasteiger partial charge < -0.3 is 10.2 Å². The Labute approximate surface area is 93.8 Å². The van der Waals surface area contributed by atoms with Gasteiger partial charge in [-0.15, -0.1) is 5.10 Å². The van der Waals surface area contributed by atoms with Crippen LogP contribution in [0, 0.1) is 0 Å². The summed E-state index contributed by atoms with van der Waals surface area (Å²) in [4.78, 5) is 13.9. The number of piperazine rings is 1. The van der Waals surface area contributed by atoms with Gasteiger partial charge in [0.05, 0.1) is 0 Å². The lowest BCUT2D eigenvalue weighted by atomic mass is 10.0. The zero-order valence-electron chi connectivity index (χ0n) is 9.55. The molecule has 0 saturated carbocycles. The average Bonchev–Trinajstić information content (AvgIpc) is 2.69. The van der Waals surface area contributed by atoms with Crippen LogP contribution in [0.1, 0.15) is 13.8 Å². The Bertz CT molecular complexity index is 360. The molecule has 7 heteroatoms. The van der Waals surface area contributed by atoms with Crippen molar-refractivity contribution in [3.63, 3.8) is 0 Å². The Kier molecular flexibility index (Phi) is 2.86. The molecule has 0 aliphatic carbocycles. The smallest absolute Gasteiger partial charge is 0.244 e. The van der Waals surface area contributed by atoms with Crippen molar-refractivity contribution in [2.24, 2.45) is 0 Å². The Morgan fingerprint density at radius 3 is 3.00 bits per heavy atom. The van der Waals surface area contributed by atoms with Crippen LogP contribution in [-0.4, -0.2) is 56.2 Å². The van der Waals surface area contributed by atoms with E-state index < -0.39 is 0 Å². The molecular weight excluding hydrogens is 208 g/mol. The van der Waals surface area contributed by atoms with E-state index in [-0.39, 0.29) is 18.0 Å². The lowest BCUT2D eigenvalue weighted by Gasteiger charge is -2.42. The Morgan fingerprint density at radius 1 is 1.56 bits per heavy atom. The minimum atomic E-state index is -0.149. The number of tetrazole rings is 1. The molecule has 1 aromatic heterocycles. The maximum absolute atomic E-state index is 12.1. The van der Waals surface area contributed by atoms with Gasteiger partial charge in [0.1, 0.15) is 12.9 Å². The zero-order valence-corrected chi connectivity index (χ0v) is 9.55. The molecule has 2 heterocycles. The van der Waals surface area contributed by atoms with E-state index in [1.165, 1.54) is 11.0 Å². The second-order valence-electron chi connectivity index (χ2n) is 4.54. The number of aromatic nitrogens is 4. The van der Waals surface area contributed by atoms with Gasteiger partial charge in [0.25, 0.3) is 0 Å². The molecule has 0 unspecified atom stereocenters. The van der Waals surface area contributed by atoms with E-state index in [0.717, 1.165) is 19.6 Å². The number of carbonyl (C=O) groups is 1. The van der Waals surface area contributed by atoms with E-state index in [9.17, 15) is 4.79 Å². The molecule has 16 heavy (non-hydrogen) atoms. The summed E-state index contributed by atoms with van der Waals surface area (Å²) in [5.41, 5.74) is -0.149. The standard InChI is InChI=1S/C9H16N6O/c1-9(2)6-10-3-4-15(9)8(16)5-14-7-11-12-13-14/h7,10H,3-6H2,1-2H3. The second kappa shape index (κ2) is 4.17. The third-order valence-corrected chi connectivity index (χ3v) is 2.79. The average molecular weight is 224 g/mol. The Balaban J connectivity index is 2.03. The van der Waals surface area contributed by atoms with Crippen LogP contribution >= 0.6 is 0 Å². The predicted octanol–water partition coefficient (Wildman–Crippen LogP) is -1.12. The van der Waals surface area contributed by atoms with E-state index in [0.29, 0.717) is 0 Å². The number of nitrogens with one attached hydrogen (secondary N) is 1. The van der Waals surface area contributed by atoms with E-state index >= 15 is 0 Å². The van der Waals surface area contributed by atoms with Crippen molar-refractivity contribution in [1.29, 1.82) is 0 Å². The molecule has 1 aliphatic rings. The quantitative estimate of drug-likeness (QED) is 0.689. The summed E-state index contributed by atoms with van der Waals surface area (Å²) in [6.07, 6.45) is 1.45. The van der Waals surface area contributed by atoms with Gasteiger partial charge in [-0.25, -0.2) is 4.68 Å². The molecule has 0 radical (unpaired) electrons. The van der Waals surface area contributed by atoms with Crippen LogP contribution in [0.4, 0.5) is 0 Å². The first-order valence-electron chi connectivity index (χ1n) is 5.31. The summed E-state index contributed by atoms with van der Waals surface area (Å²) >= 11 is 0. The van der Waals surface area contributed by atoms with E-state index in [4.69, 9.17) is 0 Å². The normalized spacial score (nSPS) is 19.8. The molecule has 0 aromatic carbocycles. The van der Waals surface area contributed by atoms with Crippen molar-refractivity contribution in [2.75, 3.05) is 19.6 Å². The van der Waals surface area contributed by atoms with Crippen LogP contribution in [0.15, 0.2) is 6.33 Å². The third-order valence-electron chi connectivity index (χ3n) is 2.79. The fourth-order valence-corrected chi connectivity index (χ4v) is 1.92. The highest BCUT2D eigenvalue weighted by Crippen LogP contribution is 2.16. The molecule has 1 aromatic rings. The summed E-state index contributed by atoms with van der Waals surface area (Å²) < 4.78 is 1.44. The van der Waals surface area contributed by atoms with Gasteiger partial charge in [0.2, 0.25) is 5.91 Å². The lowest BCUT2D eigenvalue weighted by molar-refractivity contribution is -0.138. The van der Waals surface area contributed by atoms with E-state index in [1.807, 2.05) is 4.90 Å². The van der Waals surface area contributed by atoms with Crippen molar-refractivity contribution in [1.82, 2.24) is 30.4 Å². The molecule has 1 saturated heterocycles. The van der Waals surface area contributed by atoms with Crippen LogP contribution in [0.5, 0.6) is 0 Å². The van der Waals surface area contributed by atoms with Gasteiger partial charge >= 0.3 is 0 Å². The van der Waals surface area contributed by atoms with Crippen LogP contribution in [0.3, 0.4) is 0 Å². The van der Waals surface area contributed by atoms with Crippen LogP contribution < -0.4 is 5.32 Å². The van der Waals surface area contributed by atoms with Crippen LogP contribution in [-0.2, 0) is 11.3 Å². The van der Waals surface area contributed by atoms with Crippen molar-refractivity contribution in [3.8, 4) is 0 Å². The molecule has 7 nitrogen and oxygen atoms in total. The summed E-state index contributed by atoms with van der Waals surface area (Å²) in [6, 6.07) is 0. The predicted molar refractivity (Wildman–Crippen MR) is 56.5 cm³/mol. The van der Waals surface area contributed by atoms with Gasteiger partial charge in [0.15, 0.2) is 0 Å². The van der Waals surface area contributed by atoms with Gasteiger partial charge in [-0.05, 0) is 24.3 Å². The number of hydrogen-bond donors (Lipinski definition) is 1. The second-order valence-corrected chi connectivity index (χ2v) is 4.54. The Hall–Kier alpha value is -1.50. The largest absolute Gasteiger partial charge is 0.333 e. The molecule has 1 aliphatic heterocycles. The van der Waals surface area contributed by atoms with Crippen molar-refractivity contribution >= 4 is 5.91 Å². The third kappa shape index (κ3) is 2.19. The minimum Gasteiger partial charge on any atom is -0.333 e. The topological polar surface area (TPSA) is 75.9 Å². The van der Waals surface area contributed by atoms with Crippen LogP contribution in [0.2, 0.25) is 0 Å². The maximum atomic E-state index is 12.1. The summed E-state index contributed by atoms with van der Waals surface area (Å²) in [6.45, 7) is 6.69. The molecule has 0 bridgehead atoms. The monoisotopic (exact) mass is 224 g/mol. The number of carbonyl (C=O) groups excluding carboxylic acids is 1. The van der Waals surface area contributed by atoms with Gasteiger partial charge in [-0.1, -0.05) is 0 Å². The molecule has 88 valence electrons. The van der Waals surface area contributed by atoms with Crippen molar-refractivity contribution < 1.29 is 4.79 Å². The van der Waals surface area contributed by atoms with E-state index in [1.54, 1.807) is 0 Å². The number of hydrogen-bond acceptors (Lipinski definition) is 5. The lowest BCUT2D eigenvalue weighted by Crippen LogP contribution is -2.60. The highest BCUT2D eigenvalue weighted by Gasteiger charge is 2.33. The maximum Gasteiger partial charge on any atom is 0.244 e. The number of amides is 1. The van der Waals surface area contributed by atoms with Crippen molar-refractivity contribution in [3.05, 3.63) is 6.33 Å². The fourth-order valence-electron chi connectivity index (χ4n) is 1.92. The molecule has 2 rings (SSSR count). The zero-order chi connectivity index (χ0) is 11.6. The highest BCUT2D eigenvalue weighted by atomic mass is 16.2. The SMILES string of the molecule is CC1(C)CNCCN1C(=O)Cn1cnnn1. The summed E-state index contributed by atoms with van der Waals surface area (Å²) in [5, 5.41) is 14.0. The molecule has 1 N–H and O–H groups in total. The van der Waals surface area contributed by atoms with Crippen LogP contribution in [0.25, 0.3) is 0 Å². The highest BCUT2D eigenvalue weighted by molar-refractivity contribution is 5.76. The first kappa shape index (κ1) is 11.0. The molecular formula is C9H16N6O.